The highest BCUT2D eigenvalue weighted by atomic mass is 16.5. The van der Waals surface area contributed by atoms with E-state index in [4.69, 9.17) is 10.5 Å². The molecule has 1 atom stereocenters. The van der Waals surface area contributed by atoms with Gasteiger partial charge in [-0.25, -0.2) is 0 Å². The molecule has 138 valence electrons. The number of benzene rings is 2. The number of piperidine rings is 1. The van der Waals surface area contributed by atoms with E-state index in [0.717, 1.165) is 43.8 Å². The van der Waals surface area contributed by atoms with Crippen molar-refractivity contribution in [2.75, 3.05) is 20.2 Å². The number of hydrogen-bond acceptors (Lipinski definition) is 3. The maximum Gasteiger partial charge on any atom is 0.225 e. The molecule has 1 aliphatic heterocycles. The lowest BCUT2D eigenvalue weighted by atomic mass is 9.79. The van der Waals surface area contributed by atoms with Gasteiger partial charge in [-0.3, -0.25) is 9.69 Å². The average molecular weight is 352 g/mol. The van der Waals surface area contributed by atoms with Crippen molar-refractivity contribution in [3.63, 3.8) is 0 Å². The molecule has 1 unspecified atom stereocenters. The molecule has 0 aliphatic carbocycles. The summed E-state index contributed by atoms with van der Waals surface area (Å²) < 4.78 is 5.21. The first-order chi connectivity index (χ1) is 12.6. The van der Waals surface area contributed by atoms with Crippen molar-refractivity contribution in [3.05, 3.63) is 65.2 Å². The zero-order chi connectivity index (χ0) is 18.5. The minimum absolute atomic E-state index is 0.220. The molecule has 1 aliphatic rings. The number of nitrogens with zero attached hydrogens (tertiary/aromatic N) is 1. The van der Waals surface area contributed by atoms with Gasteiger partial charge in [-0.1, -0.05) is 42.0 Å². The molecule has 0 spiro atoms. The Hall–Kier alpha value is -2.33. The Morgan fingerprint density at radius 1 is 1.12 bits per heavy atom. The third-order valence-corrected chi connectivity index (χ3v) is 5.41. The molecule has 3 rings (SSSR count). The first kappa shape index (κ1) is 18.5. The Bertz CT molecular complexity index is 717. The summed E-state index contributed by atoms with van der Waals surface area (Å²) in [6.45, 7) is 5.08. The Morgan fingerprint density at radius 3 is 2.27 bits per heavy atom. The molecular formula is C22H28N2O2. The summed E-state index contributed by atoms with van der Waals surface area (Å²) in [6.07, 6.45) is 1.98. The number of likely N-dealkylation sites (tertiary alicyclic amines) is 1. The van der Waals surface area contributed by atoms with Crippen LogP contribution in [0, 0.1) is 12.8 Å². The quantitative estimate of drug-likeness (QED) is 0.866. The Labute approximate surface area is 156 Å². The summed E-state index contributed by atoms with van der Waals surface area (Å²) in [5, 5.41) is 0. The second-order valence-electron chi connectivity index (χ2n) is 7.25. The summed E-state index contributed by atoms with van der Waals surface area (Å²) in [5.41, 5.74) is 9.39. The van der Waals surface area contributed by atoms with E-state index in [-0.39, 0.29) is 11.8 Å². The normalized spacial score (nSPS) is 17.0. The number of primary amides is 1. The van der Waals surface area contributed by atoms with Crippen molar-refractivity contribution in [3.8, 4) is 5.75 Å². The molecule has 4 heteroatoms. The van der Waals surface area contributed by atoms with Gasteiger partial charge >= 0.3 is 0 Å². The van der Waals surface area contributed by atoms with Gasteiger partial charge in [0.05, 0.1) is 13.0 Å². The summed E-state index contributed by atoms with van der Waals surface area (Å²) in [5.74, 6) is 0.648. The average Bonchev–Trinajstić information content (AvgIpc) is 2.65. The van der Waals surface area contributed by atoms with Crippen molar-refractivity contribution in [1.29, 1.82) is 0 Å². The highest BCUT2D eigenvalue weighted by molar-refractivity contribution is 5.82. The fraction of sp³-hybridized carbons (Fsp3) is 0.409. The minimum atomic E-state index is -0.229. The number of carbonyl (C=O) groups is 1. The number of amides is 1. The molecule has 1 saturated heterocycles. The number of nitrogens with two attached hydrogens (primary N) is 1. The van der Waals surface area contributed by atoms with Gasteiger partial charge in [-0.15, -0.1) is 0 Å². The predicted octanol–water partition coefficient (Wildman–Crippen LogP) is 3.48. The van der Waals surface area contributed by atoms with Crippen LogP contribution in [0.25, 0.3) is 0 Å². The number of carbonyl (C=O) groups excluding carboxylic acids is 1. The lowest BCUT2D eigenvalue weighted by Gasteiger charge is -2.35. The van der Waals surface area contributed by atoms with Gasteiger partial charge in [0, 0.05) is 6.54 Å². The molecule has 0 aromatic heterocycles. The van der Waals surface area contributed by atoms with Crippen molar-refractivity contribution < 1.29 is 9.53 Å². The van der Waals surface area contributed by atoms with Gasteiger partial charge in [0.25, 0.3) is 0 Å². The number of methoxy groups -OCH3 is 1. The molecule has 2 aromatic rings. The van der Waals surface area contributed by atoms with Crippen molar-refractivity contribution in [2.45, 2.75) is 32.2 Å². The largest absolute Gasteiger partial charge is 0.497 e. The molecule has 1 heterocycles. The Balaban J connectivity index is 1.62. The molecule has 4 nitrogen and oxygen atoms in total. The van der Waals surface area contributed by atoms with E-state index < -0.39 is 0 Å². The summed E-state index contributed by atoms with van der Waals surface area (Å²) >= 11 is 0. The molecule has 2 N–H and O–H groups in total. The van der Waals surface area contributed by atoms with Crippen LogP contribution < -0.4 is 10.5 Å². The zero-order valence-corrected chi connectivity index (χ0v) is 15.7. The first-order valence-corrected chi connectivity index (χ1v) is 9.28. The Morgan fingerprint density at radius 2 is 1.73 bits per heavy atom. The molecule has 0 radical (unpaired) electrons. The van der Waals surface area contributed by atoms with Gasteiger partial charge < -0.3 is 10.5 Å². The van der Waals surface area contributed by atoms with E-state index in [0.29, 0.717) is 5.92 Å². The topological polar surface area (TPSA) is 55.6 Å². The predicted molar refractivity (Wildman–Crippen MR) is 104 cm³/mol. The molecular weight excluding hydrogens is 324 g/mol. The van der Waals surface area contributed by atoms with Crippen molar-refractivity contribution >= 4 is 5.91 Å². The maximum atomic E-state index is 12.1. The van der Waals surface area contributed by atoms with Crippen LogP contribution >= 0.6 is 0 Å². The molecule has 0 bridgehead atoms. The molecule has 1 amide bonds. The van der Waals surface area contributed by atoms with E-state index in [2.05, 4.69) is 36.1 Å². The minimum Gasteiger partial charge on any atom is -0.497 e. The standard InChI is InChI=1S/C22H28N2O2/c1-16-3-5-17(6-4-16)15-24-13-11-19(12-14-24)21(22(23)25)18-7-9-20(26-2)10-8-18/h3-10,19,21H,11-15H2,1-2H3,(H2,23,25). The van der Waals surface area contributed by atoms with E-state index in [1.165, 1.54) is 11.1 Å². The Kier molecular flexibility index (Phi) is 5.94. The second kappa shape index (κ2) is 8.37. The number of aryl methyl sites for hydroxylation is 1. The van der Waals surface area contributed by atoms with Crippen molar-refractivity contribution in [1.82, 2.24) is 4.90 Å². The van der Waals surface area contributed by atoms with Crippen molar-refractivity contribution in [2.24, 2.45) is 11.7 Å². The molecule has 0 saturated carbocycles. The lowest BCUT2D eigenvalue weighted by Crippen LogP contribution is -2.38. The first-order valence-electron chi connectivity index (χ1n) is 9.28. The van der Waals surface area contributed by atoms with E-state index in [9.17, 15) is 4.79 Å². The van der Waals surface area contributed by atoms with Crippen LogP contribution in [0.1, 0.15) is 35.4 Å². The van der Waals surface area contributed by atoms with Gasteiger partial charge in [-0.2, -0.15) is 0 Å². The second-order valence-corrected chi connectivity index (χ2v) is 7.25. The third kappa shape index (κ3) is 4.44. The van der Waals surface area contributed by atoms with E-state index >= 15 is 0 Å². The summed E-state index contributed by atoms with van der Waals surface area (Å²) in [7, 11) is 1.64. The molecule has 2 aromatic carbocycles. The van der Waals surface area contributed by atoms with Crippen LogP contribution in [0.2, 0.25) is 0 Å². The van der Waals surface area contributed by atoms with Crippen LogP contribution in [-0.2, 0) is 11.3 Å². The number of hydrogen-bond donors (Lipinski definition) is 1. The van der Waals surface area contributed by atoms with Crippen LogP contribution in [0.15, 0.2) is 48.5 Å². The van der Waals surface area contributed by atoms with Gasteiger partial charge in [0.2, 0.25) is 5.91 Å². The van der Waals surface area contributed by atoms with Crippen LogP contribution in [0.3, 0.4) is 0 Å². The van der Waals surface area contributed by atoms with Crippen LogP contribution in [0.5, 0.6) is 5.75 Å². The van der Waals surface area contributed by atoms with E-state index in [1.807, 2.05) is 24.3 Å². The highest BCUT2D eigenvalue weighted by Crippen LogP contribution is 2.33. The van der Waals surface area contributed by atoms with Gasteiger partial charge in [-0.05, 0) is 62.0 Å². The van der Waals surface area contributed by atoms with E-state index in [1.54, 1.807) is 7.11 Å². The molecule has 1 fully saturated rings. The summed E-state index contributed by atoms with van der Waals surface area (Å²) in [4.78, 5) is 14.6. The zero-order valence-electron chi connectivity index (χ0n) is 15.7. The van der Waals surface area contributed by atoms with Gasteiger partial charge in [0.1, 0.15) is 5.75 Å². The van der Waals surface area contributed by atoms with Crippen LogP contribution in [0.4, 0.5) is 0 Å². The lowest BCUT2D eigenvalue weighted by molar-refractivity contribution is -0.121. The highest BCUT2D eigenvalue weighted by Gasteiger charge is 2.31. The molecule has 26 heavy (non-hydrogen) atoms. The van der Waals surface area contributed by atoms with Gasteiger partial charge in [0.15, 0.2) is 0 Å². The SMILES string of the molecule is COc1ccc(C(C(N)=O)C2CCN(Cc3ccc(C)cc3)CC2)cc1. The fourth-order valence-electron chi connectivity index (χ4n) is 3.88. The maximum absolute atomic E-state index is 12.1. The fourth-order valence-corrected chi connectivity index (χ4v) is 3.88. The van der Waals surface area contributed by atoms with Crippen LogP contribution in [-0.4, -0.2) is 31.0 Å². The summed E-state index contributed by atoms with van der Waals surface area (Å²) in [6, 6.07) is 16.5. The smallest absolute Gasteiger partial charge is 0.225 e. The number of rotatable bonds is 6. The monoisotopic (exact) mass is 352 g/mol. The third-order valence-electron chi connectivity index (χ3n) is 5.41. The number of ether oxygens (including phenoxy) is 1.